The second kappa shape index (κ2) is 6.78. The van der Waals surface area contributed by atoms with Gasteiger partial charge < -0.3 is 0 Å². The molecular weight excluding hydrogens is 327 g/mol. The fourth-order valence-electron chi connectivity index (χ4n) is 4.80. The Morgan fingerprint density at radius 2 is 1.88 bits per heavy atom. The Labute approximate surface area is 154 Å². The van der Waals surface area contributed by atoms with Crippen LogP contribution in [0.1, 0.15) is 31.2 Å². The molecule has 5 heteroatoms. The van der Waals surface area contributed by atoms with Crippen molar-refractivity contribution < 1.29 is 4.39 Å². The summed E-state index contributed by atoms with van der Waals surface area (Å²) in [4.78, 5) is 5.40. The molecule has 1 aliphatic carbocycles. The van der Waals surface area contributed by atoms with Gasteiger partial charge in [0.15, 0.2) is 0 Å². The van der Waals surface area contributed by atoms with E-state index in [1.54, 1.807) is 0 Å². The zero-order valence-electron chi connectivity index (χ0n) is 15.2. The average molecular weight is 354 g/mol. The van der Waals surface area contributed by atoms with Crippen molar-refractivity contribution in [2.75, 3.05) is 26.2 Å². The molecule has 1 N–H and O–H groups in total. The Balaban J connectivity index is 1.31. The standard InChI is InChI=1S/C21H27FN4/c22-19-6-4-17(5-7-19)21-18(9-23-24-21)13-25-10-16-3-8-20(14-25)26(12-16)11-15-1-2-15/h4-7,9,15-16,20H,1-3,8,10-14H2,(H,23,24)/t16-,20+/m0/s1. The normalized spacial score (nSPS) is 27.0. The highest BCUT2D eigenvalue weighted by atomic mass is 19.1. The van der Waals surface area contributed by atoms with Gasteiger partial charge in [-0.25, -0.2) is 4.39 Å². The minimum absolute atomic E-state index is 0.199. The first-order chi connectivity index (χ1) is 12.7. The molecule has 1 saturated carbocycles. The zero-order valence-corrected chi connectivity index (χ0v) is 15.2. The molecule has 2 atom stereocenters. The SMILES string of the molecule is Fc1ccc(-c2[nH]ncc2CN2C[C@@H]3CC[C@H](C2)N(CC2CC2)C3)cc1. The van der Waals surface area contributed by atoms with Crippen molar-refractivity contribution in [3.8, 4) is 11.3 Å². The molecule has 1 aromatic heterocycles. The third kappa shape index (κ3) is 3.42. The molecule has 26 heavy (non-hydrogen) atoms. The molecule has 3 aliphatic heterocycles. The van der Waals surface area contributed by atoms with E-state index in [2.05, 4.69) is 20.0 Å². The number of hydrogen-bond donors (Lipinski definition) is 1. The van der Waals surface area contributed by atoms with E-state index in [9.17, 15) is 4.39 Å². The topological polar surface area (TPSA) is 35.2 Å². The zero-order chi connectivity index (χ0) is 17.5. The predicted molar refractivity (Wildman–Crippen MR) is 100 cm³/mol. The van der Waals surface area contributed by atoms with Crippen molar-refractivity contribution in [3.63, 3.8) is 0 Å². The summed E-state index contributed by atoms with van der Waals surface area (Å²) in [5.74, 6) is 1.57. The Kier molecular flexibility index (Phi) is 4.29. The average Bonchev–Trinajstić information content (AvgIpc) is 3.40. The maximum atomic E-state index is 13.2. The summed E-state index contributed by atoms with van der Waals surface area (Å²) in [6, 6.07) is 7.41. The Morgan fingerprint density at radius 1 is 1.04 bits per heavy atom. The van der Waals surface area contributed by atoms with Crippen LogP contribution < -0.4 is 0 Å². The van der Waals surface area contributed by atoms with Crippen LogP contribution in [0.2, 0.25) is 0 Å². The van der Waals surface area contributed by atoms with Gasteiger partial charge in [0.1, 0.15) is 5.82 Å². The molecule has 2 aromatic rings. The second-order valence-electron chi connectivity index (χ2n) is 8.47. The number of H-pyrrole nitrogens is 1. The fraction of sp³-hybridized carbons (Fsp3) is 0.571. The number of aromatic amines is 1. The van der Waals surface area contributed by atoms with Crippen molar-refractivity contribution in [2.45, 2.75) is 38.3 Å². The van der Waals surface area contributed by atoms with Crippen molar-refractivity contribution in [3.05, 3.63) is 41.8 Å². The van der Waals surface area contributed by atoms with E-state index in [4.69, 9.17) is 0 Å². The van der Waals surface area contributed by atoms with Crippen LogP contribution in [0.15, 0.2) is 30.5 Å². The summed E-state index contributed by atoms with van der Waals surface area (Å²) in [6.07, 6.45) is 7.54. The monoisotopic (exact) mass is 354 g/mol. The van der Waals surface area contributed by atoms with Crippen LogP contribution in [0.25, 0.3) is 11.3 Å². The van der Waals surface area contributed by atoms with Gasteiger partial charge in [-0.15, -0.1) is 0 Å². The van der Waals surface area contributed by atoms with E-state index in [1.165, 1.54) is 63.0 Å². The highest BCUT2D eigenvalue weighted by Gasteiger charge is 2.37. The molecule has 1 aromatic carbocycles. The highest BCUT2D eigenvalue weighted by Crippen LogP contribution is 2.35. The van der Waals surface area contributed by atoms with Gasteiger partial charge in [0.25, 0.3) is 0 Å². The van der Waals surface area contributed by atoms with E-state index in [0.717, 1.165) is 42.2 Å². The number of rotatable bonds is 5. The van der Waals surface area contributed by atoms with E-state index >= 15 is 0 Å². The number of halogens is 1. The molecule has 4 nitrogen and oxygen atoms in total. The maximum absolute atomic E-state index is 13.2. The van der Waals surface area contributed by atoms with Gasteiger partial charge in [-0.2, -0.15) is 5.10 Å². The lowest BCUT2D eigenvalue weighted by molar-refractivity contribution is 0.125. The summed E-state index contributed by atoms with van der Waals surface area (Å²) in [5, 5.41) is 7.39. The van der Waals surface area contributed by atoms with Crippen LogP contribution in [0, 0.1) is 17.7 Å². The first kappa shape index (κ1) is 16.5. The Bertz CT molecular complexity index is 752. The molecule has 4 aliphatic rings. The second-order valence-corrected chi connectivity index (χ2v) is 8.47. The number of nitrogens with one attached hydrogen (secondary N) is 1. The summed E-state index contributed by atoms with van der Waals surface area (Å²) in [7, 11) is 0. The highest BCUT2D eigenvalue weighted by molar-refractivity contribution is 5.62. The maximum Gasteiger partial charge on any atom is 0.123 e. The molecular formula is C21H27FN4. The van der Waals surface area contributed by atoms with Gasteiger partial charge in [-0.3, -0.25) is 14.9 Å². The van der Waals surface area contributed by atoms with Gasteiger partial charge in [0.2, 0.25) is 0 Å². The van der Waals surface area contributed by atoms with Gasteiger partial charge >= 0.3 is 0 Å². The third-order valence-corrected chi connectivity index (χ3v) is 6.34. The summed E-state index contributed by atoms with van der Waals surface area (Å²) >= 11 is 0. The Hall–Kier alpha value is -1.72. The molecule has 4 fully saturated rings. The smallest absolute Gasteiger partial charge is 0.123 e. The molecule has 4 heterocycles. The van der Waals surface area contributed by atoms with Gasteiger partial charge in [0.05, 0.1) is 11.9 Å². The van der Waals surface area contributed by atoms with E-state index in [1.807, 2.05) is 18.3 Å². The largest absolute Gasteiger partial charge is 0.299 e. The lowest BCUT2D eigenvalue weighted by Crippen LogP contribution is -2.44. The van der Waals surface area contributed by atoms with Crippen LogP contribution in [0.5, 0.6) is 0 Å². The van der Waals surface area contributed by atoms with Crippen LogP contribution in [0.4, 0.5) is 4.39 Å². The molecule has 3 saturated heterocycles. The van der Waals surface area contributed by atoms with Crippen molar-refractivity contribution in [1.29, 1.82) is 0 Å². The molecule has 0 unspecified atom stereocenters. The fourth-order valence-corrected chi connectivity index (χ4v) is 4.80. The van der Waals surface area contributed by atoms with E-state index < -0.39 is 0 Å². The molecule has 138 valence electrons. The number of aromatic nitrogens is 2. The predicted octanol–water partition coefficient (Wildman–Crippen LogP) is 3.52. The first-order valence-electron chi connectivity index (χ1n) is 9.99. The van der Waals surface area contributed by atoms with Gasteiger partial charge in [-0.05, 0) is 61.8 Å². The van der Waals surface area contributed by atoms with Crippen LogP contribution in [-0.2, 0) is 6.54 Å². The van der Waals surface area contributed by atoms with Crippen molar-refractivity contribution in [1.82, 2.24) is 20.0 Å². The molecule has 0 spiro atoms. The van der Waals surface area contributed by atoms with Crippen molar-refractivity contribution in [2.24, 2.45) is 11.8 Å². The number of hydrogen-bond acceptors (Lipinski definition) is 3. The number of benzene rings is 1. The molecule has 0 radical (unpaired) electrons. The van der Waals surface area contributed by atoms with E-state index in [0.29, 0.717) is 0 Å². The van der Waals surface area contributed by atoms with Crippen LogP contribution in [-0.4, -0.2) is 52.2 Å². The number of piperidine rings is 1. The van der Waals surface area contributed by atoms with Crippen LogP contribution >= 0.6 is 0 Å². The minimum atomic E-state index is -0.199. The summed E-state index contributed by atoms with van der Waals surface area (Å²) in [6.45, 7) is 5.88. The quantitative estimate of drug-likeness (QED) is 0.892. The van der Waals surface area contributed by atoms with Gasteiger partial charge in [0, 0.05) is 49.9 Å². The third-order valence-electron chi connectivity index (χ3n) is 6.34. The lowest BCUT2D eigenvalue weighted by Gasteiger charge is -2.36. The van der Waals surface area contributed by atoms with Crippen molar-refractivity contribution >= 4 is 0 Å². The molecule has 2 bridgehead atoms. The first-order valence-corrected chi connectivity index (χ1v) is 9.99. The molecule has 0 amide bonds. The number of nitrogens with zero attached hydrogens (tertiary/aromatic N) is 3. The van der Waals surface area contributed by atoms with Crippen LogP contribution in [0.3, 0.4) is 0 Å². The summed E-state index contributed by atoms with van der Waals surface area (Å²) < 4.78 is 13.2. The van der Waals surface area contributed by atoms with Gasteiger partial charge in [-0.1, -0.05) is 0 Å². The minimum Gasteiger partial charge on any atom is -0.299 e. The van der Waals surface area contributed by atoms with E-state index in [-0.39, 0.29) is 5.82 Å². The number of fused-ring (bicyclic) bond motifs is 4. The summed E-state index contributed by atoms with van der Waals surface area (Å²) in [5.41, 5.74) is 3.25. The lowest BCUT2D eigenvalue weighted by atomic mass is 9.95. The molecule has 6 rings (SSSR count). The Morgan fingerprint density at radius 3 is 2.69 bits per heavy atom.